The van der Waals surface area contributed by atoms with Crippen LogP contribution < -0.4 is 5.32 Å². The van der Waals surface area contributed by atoms with Gasteiger partial charge in [-0.15, -0.1) is 0 Å². The summed E-state index contributed by atoms with van der Waals surface area (Å²) >= 11 is 0. The number of pyridine rings is 1. The fourth-order valence-electron chi connectivity index (χ4n) is 1.39. The van der Waals surface area contributed by atoms with E-state index in [9.17, 15) is 22.8 Å². The van der Waals surface area contributed by atoms with Gasteiger partial charge >= 0.3 is 12.1 Å². The standard InChI is InChI=1S/C12H13F3N2O3/c1-6(11(19)20)5-16-10(18)8-3-4-9(12(13,14)15)17-7(8)2/h3-4,6H,5H2,1-2H3,(H,16,18)(H,19,20)/t6-/m0/s1. The minimum absolute atomic E-state index is 0.0180. The van der Waals surface area contributed by atoms with Crippen molar-refractivity contribution in [1.29, 1.82) is 0 Å². The molecule has 110 valence electrons. The van der Waals surface area contributed by atoms with Gasteiger partial charge in [-0.2, -0.15) is 13.2 Å². The second-order valence-corrected chi connectivity index (χ2v) is 4.28. The van der Waals surface area contributed by atoms with Gasteiger partial charge < -0.3 is 10.4 Å². The Balaban J connectivity index is 2.82. The third-order valence-electron chi connectivity index (χ3n) is 2.61. The first kappa shape index (κ1) is 15.9. The van der Waals surface area contributed by atoms with Crippen molar-refractivity contribution in [3.8, 4) is 0 Å². The Bertz CT molecular complexity index is 529. The maximum atomic E-state index is 12.4. The van der Waals surface area contributed by atoms with Crippen LogP contribution in [-0.4, -0.2) is 28.5 Å². The predicted molar refractivity (Wildman–Crippen MR) is 63.1 cm³/mol. The third-order valence-corrected chi connectivity index (χ3v) is 2.61. The second-order valence-electron chi connectivity index (χ2n) is 4.28. The molecule has 1 atom stereocenters. The Labute approximate surface area is 112 Å². The summed E-state index contributed by atoms with van der Waals surface area (Å²) in [5.41, 5.74) is -1.17. The number of aliphatic carboxylic acids is 1. The van der Waals surface area contributed by atoms with Gasteiger partial charge in [-0.3, -0.25) is 9.59 Å². The number of carboxylic acid groups (broad SMARTS) is 1. The van der Waals surface area contributed by atoms with Crippen LogP contribution in [0.1, 0.15) is 28.7 Å². The molecule has 0 spiro atoms. The van der Waals surface area contributed by atoms with Crippen molar-refractivity contribution in [3.05, 3.63) is 29.1 Å². The normalized spacial score (nSPS) is 12.8. The summed E-state index contributed by atoms with van der Waals surface area (Å²) in [5.74, 6) is -2.52. The molecule has 0 fully saturated rings. The lowest BCUT2D eigenvalue weighted by Gasteiger charge is -2.11. The van der Waals surface area contributed by atoms with E-state index in [0.717, 1.165) is 6.07 Å². The van der Waals surface area contributed by atoms with Gasteiger partial charge in [0.2, 0.25) is 0 Å². The number of alkyl halides is 3. The summed E-state index contributed by atoms with van der Waals surface area (Å²) in [4.78, 5) is 25.6. The van der Waals surface area contributed by atoms with Gasteiger partial charge in [0.25, 0.3) is 5.91 Å². The molecule has 1 aromatic heterocycles. The monoisotopic (exact) mass is 290 g/mol. The van der Waals surface area contributed by atoms with Gasteiger partial charge in [-0.25, -0.2) is 4.98 Å². The van der Waals surface area contributed by atoms with Gasteiger partial charge in [0.05, 0.1) is 17.2 Å². The lowest BCUT2D eigenvalue weighted by molar-refractivity contribution is -0.142. The molecule has 1 amide bonds. The van der Waals surface area contributed by atoms with E-state index < -0.39 is 29.7 Å². The van der Waals surface area contributed by atoms with Crippen LogP contribution >= 0.6 is 0 Å². The second kappa shape index (κ2) is 5.89. The van der Waals surface area contributed by atoms with Crippen LogP contribution in [0.5, 0.6) is 0 Å². The van der Waals surface area contributed by atoms with E-state index in [2.05, 4.69) is 10.3 Å². The van der Waals surface area contributed by atoms with Crippen molar-refractivity contribution in [2.75, 3.05) is 6.54 Å². The SMILES string of the molecule is Cc1nc(C(F)(F)F)ccc1C(=O)NC[C@H](C)C(=O)O. The predicted octanol–water partition coefficient (Wildman–Crippen LogP) is 1.86. The molecule has 0 unspecified atom stereocenters. The van der Waals surface area contributed by atoms with Crippen molar-refractivity contribution in [1.82, 2.24) is 10.3 Å². The number of nitrogens with zero attached hydrogens (tertiary/aromatic N) is 1. The van der Waals surface area contributed by atoms with Crippen LogP contribution in [-0.2, 0) is 11.0 Å². The first-order valence-corrected chi connectivity index (χ1v) is 5.68. The fraction of sp³-hybridized carbons (Fsp3) is 0.417. The number of carboxylic acids is 1. The number of aromatic nitrogens is 1. The molecule has 1 aromatic rings. The largest absolute Gasteiger partial charge is 0.481 e. The fourth-order valence-corrected chi connectivity index (χ4v) is 1.39. The Morgan fingerprint density at radius 2 is 2.00 bits per heavy atom. The van der Waals surface area contributed by atoms with Crippen LogP contribution in [0.4, 0.5) is 13.2 Å². The maximum Gasteiger partial charge on any atom is 0.433 e. The van der Waals surface area contributed by atoms with Crippen LogP contribution in [0.25, 0.3) is 0 Å². The highest BCUT2D eigenvalue weighted by Crippen LogP contribution is 2.28. The molecule has 0 aliphatic heterocycles. The molecule has 1 heterocycles. The van der Waals surface area contributed by atoms with E-state index in [-0.39, 0.29) is 17.8 Å². The summed E-state index contributed by atoms with van der Waals surface area (Å²) in [6.45, 7) is 2.57. The first-order valence-electron chi connectivity index (χ1n) is 5.68. The Hall–Kier alpha value is -2.12. The number of hydrogen-bond donors (Lipinski definition) is 2. The molecule has 1 rings (SSSR count). The number of hydrogen-bond acceptors (Lipinski definition) is 3. The van der Waals surface area contributed by atoms with Crippen molar-refractivity contribution >= 4 is 11.9 Å². The lowest BCUT2D eigenvalue weighted by atomic mass is 10.1. The summed E-state index contributed by atoms with van der Waals surface area (Å²) in [6.07, 6.45) is -4.57. The molecule has 0 saturated carbocycles. The number of rotatable bonds is 4. The van der Waals surface area contributed by atoms with Gasteiger partial charge in [0, 0.05) is 6.54 Å². The molecule has 0 radical (unpaired) electrons. The average Bonchev–Trinajstić information content (AvgIpc) is 2.34. The summed E-state index contributed by atoms with van der Waals surface area (Å²) in [7, 11) is 0. The Morgan fingerprint density at radius 1 is 1.40 bits per heavy atom. The molecule has 20 heavy (non-hydrogen) atoms. The minimum Gasteiger partial charge on any atom is -0.481 e. The van der Waals surface area contributed by atoms with Crippen molar-refractivity contribution in [2.24, 2.45) is 5.92 Å². The van der Waals surface area contributed by atoms with Crippen LogP contribution in [0, 0.1) is 12.8 Å². The molecule has 0 bridgehead atoms. The number of amides is 1. The Morgan fingerprint density at radius 3 is 2.45 bits per heavy atom. The molecule has 0 saturated heterocycles. The molecule has 2 N–H and O–H groups in total. The van der Waals surface area contributed by atoms with Crippen molar-refractivity contribution in [2.45, 2.75) is 20.0 Å². The van der Waals surface area contributed by atoms with Gasteiger partial charge in [-0.05, 0) is 19.1 Å². The molecular weight excluding hydrogens is 277 g/mol. The summed E-state index contributed by atoms with van der Waals surface area (Å²) < 4.78 is 37.2. The van der Waals surface area contributed by atoms with Crippen molar-refractivity contribution < 1.29 is 27.9 Å². The quantitative estimate of drug-likeness (QED) is 0.887. The van der Waals surface area contributed by atoms with Crippen LogP contribution in [0.2, 0.25) is 0 Å². The third kappa shape index (κ3) is 3.94. The molecule has 0 aliphatic rings. The molecule has 0 aliphatic carbocycles. The van der Waals surface area contributed by atoms with E-state index in [1.807, 2.05) is 0 Å². The van der Waals surface area contributed by atoms with E-state index >= 15 is 0 Å². The molecular formula is C12H13F3N2O3. The zero-order valence-electron chi connectivity index (χ0n) is 10.8. The molecule has 5 nitrogen and oxygen atoms in total. The van der Waals surface area contributed by atoms with Gasteiger partial charge in [0.15, 0.2) is 0 Å². The van der Waals surface area contributed by atoms with E-state index in [4.69, 9.17) is 5.11 Å². The number of nitrogens with one attached hydrogen (secondary N) is 1. The number of aryl methyl sites for hydroxylation is 1. The highest BCUT2D eigenvalue weighted by atomic mass is 19.4. The first-order chi connectivity index (χ1) is 9.12. The highest BCUT2D eigenvalue weighted by Gasteiger charge is 2.33. The highest BCUT2D eigenvalue weighted by molar-refractivity contribution is 5.95. The van der Waals surface area contributed by atoms with E-state index in [1.165, 1.54) is 13.8 Å². The summed E-state index contributed by atoms with van der Waals surface area (Å²) in [5, 5.41) is 11.0. The zero-order valence-corrected chi connectivity index (χ0v) is 10.8. The van der Waals surface area contributed by atoms with Gasteiger partial charge in [0.1, 0.15) is 5.69 Å². The van der Waals surface area contributed by atoms with Crippen molar-refractivity contribution in [3.63, 3.8) is 0 Å². The minimum atomic E-state index is -4.57. The van der Waals surface area contributed by atoms with E-state index in [1.54, 1.807) is 0 Å². The molecule has 8 heteroatoms. The Kier molecular flexibility index (Phi) is 4.69. The topological polar surface area (TPSA) is 79.3 Å². The van der Waals surface area contributed by atoms with Gasteiger partial charge in [-0.1, -0.05) is 6.92 Å². The average molecular weight is 290 g/mol. The number of halogens is 3. The zero-order chi connectivity index (χ0) is 15.5. The van der Waals surface area contributed by atoms with Crippen LogP contribution in [0.15, 0.2) is 12.1 Å². The van der Waals surface area contributed by atoms with Crippen LogP contribution in [0.3, 0.4) is 0 Å². The number of carbonyl (C=O) groups excluding carboxylic acids is 1. The summed E-state index contributed by atoms with van der Waals surface area (Å²) in [6, 6.07) is 1.73. The number of carbonyl (C=O) groups is 2. The van der Waals surface area contributed by atoms with E-state index in [0.29, 0.717) is 6.07 Å². The maximum absolute atomic E-state index is 12.4. The smallest absolute Gasteiger partial charge is 0.433 e. The molecule has 0 aromatic carbocycles. The lowest BCUT2D eigenvalue weighted by Crippen LogP contribution is -2.32.